The summed E-state index contributed by atoms with van der Waals surface area (Å²) in [4.78, 5) is 53.7. The van der Waals surface area contributed by atoms with Crippen LogP contribution in [-0.2, 0) is 48.3 Å². The van der Waals surface area contributed by atoms with Gasteiger partial charge in [0.15, 0.2) is 9.84 Å². The molecule has 0 bridgehead atoms. The minimum atomic E-state index is -3.56. The van der Waals surface area contributed by atoms with Gasteiger partial charge in [-0.3, -0.25) is 14.4 Å². The van der Waals surface area contributed by atoms with Crippen LogP contribution in [0.3, 0.4) is 0 Å². The van der Waals surface area contributed by atoms with Crippen LogP contribution < -0.4 is 5.32 Å². The number of nitrogens with one attached hydrogen (secondary N) is 1. The second-order valence-corrected chi connectivity index (χ2v) is 14.1. The fraction of sp³-hybridized carbons (Fsp3) is 0.294. The third-order valence-electron chi connectivity index (χ3n) is 7.85. The maximum Gasteiger partial charge on any atom is 0.332 e. The van der Waals surface area contributed by atoms with Gasteiger partial charge in [0.05, 0.1) is 26.8 Å². The quantitative estimate of drug-likeness (QED) is 0.165. The van der Waals surface area contributed by atoms with Gasteiger partial charge in [0, 0.05) is 50.1 Å². The predicted octanol–water partition coefficient (Wildman–Crippen LogP) is 5.53. The fourth-order valence-corrected chi connectivity index (χ4v) is 6.86. The van der Waals surface area contributed by atoms with Crippen molar-refractivity contribution in [1.29, 1.82) is 0 Å². The molecule has 0 saturated carbocycles. The van der Waals surface area contributed by atoms with E-state index in [1.165, 1.54) is 25.1 Å². The van der Waals surface area contributed by atoms with Gasteiger partial charge in [0.25, 0.3) is 11.8 Å². The van der Waals surface area contributed by atoms with Crippen molar-refractivity contribution >= 4 is 67.8 Å². The summed E-state index contributed by atoms with van der Waals surface area (Å²) in [5.41, 5.74) is 2.71. The molecular formula is C34H32Cl2N2O9S. The van der Waals surface area contributed by atoms with Gasteiger partial charge in [-0.25, -0.2) is 13.2 Å². The van der Waals surface area contributed by atoms with E-state index in [4.69, 9.17) is 37.1 Å². The molecule has 0 radical (unpaired) electrons. The monoisotopic (exact) mass is 714 g/mol. The third kappa shape index (κ3) is 7.83. The SMILES string of the molecule is CCC(=O)OC(C)OC(=O)[C@H](Cc1cccc(S(C)(=O)=O)c1)NC(=O)c1c(Cl)cc2c(c1Cl)CCN(C(=O)c1ccc3ccoc3c1)C2. The maximum atomic E-state index is 13.7. The average molecular weight is 716 g/mol. The van der Waals surface area contributed by atoms with Gasteiger partial charge < -0.3 is 24.1 Å². The summed E-state index contributed by atoms with van der Waals surface area (Å²) in [6, 6.07) is 13.2. The number of esters is 2. The molecule has 1 unspecified atom stereocenters. The molecule has 11 nitrogen and oxygen atoms in total. The van der Waals surface area contributed by atoms with Crippen molar-refractivity contribution < 1.29 is 41.5 Å². The molecule has 4 aromatic rings. The first-order chi connectivity index (χ1) is 22.7. The van der Waals surface area contributed by atoms with Gasteiger partial charge in [-0.1, -0.05) is 48.3 Å². The van der Waals surface area contributed by atoms with Crippen LogP contribution in [0.15, 0.2) is 70.2 Å². The van der Waals surface area contributed by atoms with Crippen LogP contribution >= 0.6 is 23.2 Å². The molecule has 2 amide bonds. The number of halogens is 2. The van der Waals surface area contributed by atoms with E-state index in [0.29, 0.717) is 40.8 Å². The number of carbonyl (C=O) groups excluding carboxylic acids is 4. The van der Waals surface area contributed by atoms with Crippen LogP contribution in [0.1, 0.15) is 57.7 Å². The largest absolute Gasteiger partial charge is 0.464 e. The number of hydrogen-bond acceptors (Lipinski definition) is 9. The molecule has 0 spiro atoms. The zero-order valence-corrected chi connectivity index (χ0v) is 28.6. The van der Waals surface area contributed by atoms with Crippen LogP contribution in [0.5, 0.6) is 0 Å². The molecule has 2 heterocycles. The molecule has 14 heteroatoms. The highest BCUT2D eigenvalue weighted by Crippen LogP contribution is 2.35. The van der Waals surface area contributed by atoms with Gasteiger partial charge >= 0.3 is 11.9 Å². The van der Waals surface area contributed by atoms with Crippen molar-refractivity contribution in [2.75, 3.05) is 12.8 Å². The van der Waals surface area contributed by atoms with E-state index in [0.717, 1.165) is 11.6 Å². The van der Waals surface area contributed by atoms with E-state index in [1.807, 2.05) is 12.1 Å². The molecule has 252 valence electrons. The summed E-state index contributed by atoms with van der Waals surface area (Å²) in [6.07, 6.45) is 1.59. The minimum Gasteiger partial charge on any atom is -0.464 e. The lowest BCUT2D eigenvalue weighted by Gasteiger charge is -2.30. The van der Waals surface area contributed by atoms with E-state index in [2.05, 4.69) is 5.32 Å². The zero-order valence-electron chi connectivity index (χ0n) is 26.2. The number of ether oxygens (including phenoxy) is 2. The standard InChI is InChI=1S/C34H32Cl2N2O9S/c1-4-29(39)46-19(2)47-34(42)27(15-20-6-5-7-24(14-20)48(3,43)44)37-32(40)30-26(35)16-23-18-38(12-10-25(23)31(30)36)33(41)22-9-8-21-11-13-45-28(21)17-22/h5-9,11,13-14,16-17,19,27H,4,10,12,15,18H2,1-3H3,(H,37,40)/t19?,27-/m0/s1. The maximum absolute atomic E-state index is 13.7. The van der Waals surface area contributed by atoms with Crippen LogP contribution in [0.25, 0.3) is 11.0 Å². The zero-order chi connectivity index (χ0) is 34.7. The van der Waals surface area contributed by atoms with Crippen LogP contribution in [0.2, 0.25) is 10.0 Å². The normalized spacial score (nSPS) is 14.1. The number of nitrogens with zero attached hydrogens (tertiary/aromatic N) is 1. The molecule has 2 atom stereocenters. The van der Waals surface area contributed by atoms with Crippen molar-refractivity contribution in [1.82, 2.24) is 10.2 Å². The smallest absolute Gasteiger partial charge is 0.332 e. The van der Waals surface area contributed by atoms with Crippen LogP contribution in [-0.4, -0.2) is 62.2 Å². The van der Waals surface area contributed by atoms with E-state index >= 15 is 0 Å². The second-order valence-electron chi connectivity index (χ2n) is 11.3. The van der Waals surface area contributed by atoms with E-state index in [1.54, 1.807) is 42.4 Å². The highest BCUT2D eigenvalue weighted by molar-refractivity contribution is 7.90. The Morgan fingerprint density at radius 2 is 1.81 bits per heavy atom. The highest BCUT2D eigenvalue weighted by atomic mass is 35.5. The van der Waals surface area contributed by atoms with Crippen molar-refractivity contribution in [2.24, 2.45) is 0 Å². The summed E-state index contributed by atoms with van der Waals surface area (Å²) in [5.74, 6) is -2.51. The topological polar surface area (TPSA) is 149 Å². The number of hydrogen-bond donors (Lipinski definition) is 1. The van der Waals surface area contributed by atoms with Gasteiger partial charge in [-0.2, -0.15) is 0 Å². The number of sulfone groups is 1. The van der Waals surface area contributed by atoms with Gasteiger partial charge in [-0.05, 0) is 59.5 Å². The molecule has 3 aromatic carbocycles. The Hall–Kier alpha value is -4.39. The average Bonchev–Trinajstić information content (AvgIpc) is 3.51. The summed E-state index contributed by atoms with van der Waals surface area (Å²) in [5, 5.41) is 3.58. The Balaban J connectivity index is 1.38. The summed E-state index contributed by atoms with van der Waals surface area (Å²) in [7, 11) is -3.56. The molecule has 1 N–H and O–H groups in total. The van der Waals surface area contributed by atoms with Crippen molar-refractivity contribution in [2.45, 2.75) is 56.9 Å². The molecule has 0 saturated heterocycles. The lowest BCUT2D eigenvalue weighted by atomic mass is 9.95. The predicted molar refractivity (Wildman–Crippen MR) is 178 cm³/mol. The van der Waals surface area contributed by atoms with Crippen molar-refractivity contribution in [3.05, 3.63) is 98.7 Å². The van der Waals surface area contributed by atoms with Crippen molar-refractivity contribution in [3.63, 3.8) is 0 Å². The minimum absolute atomic E-state index is 0.000936. The van der Waals surface area contributed by atoms with E-state index < -0.39 is 40.0 Å². The summed E-state index contributed by atoms with van der Waals surface area (Å²) >= 11 is 13.4. The van der Waals surface area contributed by atoms with Crippen LogP contribution in [0, 0.1) is 0 Å². The Bertz CT molecular complexity index is 2030. The molecule has 1 aliphatic rings. The summed E-state index contributed by atoms with van der Waals surface area (Å²) < 4.78 is 40.1. The van der Waals surface area contributed by atoms with Gasteiger partial charge in [-0.15, -0.1) is 0 Å². The molecule has 1 aliphatic heterocycles. The Morgan fingerprint density at radius 3 is 2.54 bits per heavy atom. The molecule has 1 aromatic heterocycles. The Kier molecular flexibility index (Phi) is 10.5. The highest BCUT2D eigenvalue weighted by Gasteiger charge is 2.31. The molecule has 0 aliphatic carbocycles. The fourth-order valence-electron chi connectivity index (χ4n) is 5.40. The molecule has 0 fully saturated rings. The summed E-state index contributed by atoms with van der Waals surface area (Å²) in [6.45, 7) is 3.46. The lowest BCUT2D eigenvalue weighted by Crippen LogP contribution is -2.45. The van der Waals surface area contributed by atoms with Gasteiger partial charge in [0.2, 0.25) is 6.29 Å². The number of furan rings is 1. The molecule has 5 rings (SSSR count). The van der Waals surface area contributed by atoms with E-state index in [9.17, 15) is 27.6 Å². The Labute approximate surface area is 287 Å². The number of benzene rings is 3. The second kappa shape index (κ2) is 14.4. The molecule has 48 heavy (non-hydrogen) atoms. The Morgan fingerprint density at radius 1 is 1.04 bits per heavy atom. The van der Waals surface area contributed by atoms with E-state index in [-0.39, 0.29) is 45.8 Å². The van der Waals surface area contributed by atoms with Gasteiger partial charge in [0.1, 0.15) is 11.6 Å². The third-order valence-corrected chi connectivity index (χ3v) is 9.67. The first kappa shape index (κ1) is 34.9. The van der Waals surface area contributed by atoms with Crippen LogP contribution in [0.4, 0.5) is 0 Å². The first-order valence-electron chi connectivity index (χ1n) is 15.0. The number of carbonyl (C=O) groups is 4. The number of fused-ring (bicyclic) bond motifs is 2. The number of amides is 2. The number of rotatable bonds is 10. The molecular weight excluding hydrogens is 683 g/mol. The first-order valence-corrected chi connectivity index (χ1v) is 17.7. The lowest BCUT2D eigenvalue weighted by molar-refractivity contribution is -0.185. The van der Waals surface area contributed by atoms with Crippen molar-refractivity contribution in [3.8, 4) is 0 Å².